The van der Waals surface area contributed by atoms with E-state index in [0.29, 0.717) is 28.7 Å². The lowest BCUT2D eigenvalue weighted by molar-refractivity contribution is 0.0966. The van der Waals surface area contributed by atoms with Gasteiger partial charge < -0.3 is 20.5 Å². The number of fused-ring (bicyclic) bond motifs is 1. The molecule has 2 aliphatic rings. The molecule has 0 spiro atoms. The van der Waals surface area contributed by atoms with Crippen LogP contribution in [-0.2, 0) is 4.74 Å². The summed E-state index contributed by atoms with van der Waals surface area (Å²) in [7, 11) is 0. The number of rotatable bonds is 6. The summed E-state index contributed by atoms with van der Waals surface area (Å²) in [5, 5.41) is 24.8. The number of phenolic OH excluding ortho intramolecular Hbond substituents is 1. The second-order valence-electron chi connectivity index (χ2n) is 8.93. The van der Waals surface area contributed by atoms with E-state index in [1.165, 1.54) is 6.07 Å². The number of aromatic amines is 1. The van der Waals surface area contributed by atoms with Crippen LogP contribution in [0.5, 0.6) is 5.75 Å². The average Bonchev–Trinajstić information content (AvgIpc) is 3.14. The first-order valence-electron chi connectivity index (χ1n) is 10.8. The zero-order valence-corrected chi connectivity index (χ0v) is 17.7. The van der Waals surface area contributed by atoms with Gasteiger partial charge in [0.25, 0.3) is 0 Å². The molecule has 0 saturated heterocycles. The molecule has 9 nitrogen and oxygen atoms in total. The quantitative estimate of drug-likeness (QED) is 0.428. The molecule has 2 saturated carbocycles. The van der Waals surface area contributed by atoms with E-state index in [-0.39, 0.29) is 35.0 Å². The van der Waals surface area contributed by atoms with Crippen molar-refractivity contribution < 1.29 is 19.4 Å². The highest BCUT2D eigenvalue weighted by atomic mass is 16.6. The second-order valence-corrected chi connectivity index (χ2v) is 8.93. The number of carbonyl (C=O) groups is 2. The molecule has 2 aromatic heterocycles. The van der Waals surface area contributed by atoms with Crippen LogP contribution < -0.4 is 10.6 Å². The highest BCUT2D eigenvalue weighted by Gasteiger charge is 2.40. The van der Waals surface area contributed by atoms with Gasteiger partial charge in [0.1, 0.15) is 17.7 Å². The maximum absolute atomic E-state index is 12.1. The molecule has 9 heteroatoms. The number of aromatic nitrogens is 3. The zero-order valence-electron chi connectivity index (χ0n) is 17.7. The van der Waals surface area contributed by atoms with Gasteiger partial charge in [-0.05, 0) is 57.2 Å². The third kappa shape index (κ3) is 3.98. The van der Waals surface area contributed by atoms with E-state index in [4.69, 9.17) is 4.74 Å². The van der Waals surface area contributed by atoms with Crippen molar-refractivity contribution in [2.45, 2.75) is 56.6 Å². The van der Waals surface area contributed by atoms with Gasteiger partial charge in [0.05, 0.1) is 5.56 Å². The number of aromatic hydroxyl groups is 1. The fourth-order valence-corrected chi connectivity index (χ4v) is 4.29. The summed E-state index contributed by atoms with van der Waals surface area (Å²) >= 11 is 0. The fourth-order valence-electron chi connectivity index (χ4n) is 4.29. The van der Waals surface area contributed by atoms with Crippen molar-refractivity contribution >= 4 is 34.8 Å². The number of carbonyl (C=O) groups excluding carboxylic acids is 2. The first kappa shape index (κ1) is 20.3. The van der Waals surface area contributed by atoms with E-state index in [1.54, 1.807) is 18.3 Å². The molecule has 0 aliphatic heterocycles. The number of hydrogen-bond donors (Lipinski definition) is 4. The Morgan fingerprint density at radius 2 is 2.12 bits per heavy atom. The number of H-pyrrole nitrogens is 1. The van der Waals surface area contributed by atoms with E-state index in [1.807, 2.05) is 13.0 Å². The Balaban J connectivity index is 1.26. The van der Waals surface area contributed by atoms with Gasteiger partial charge in [-0.1, -0.05) is 0 Å². The summed E-state index contributed by atoms with van der Waals surface area (Å²) in [4.78, 5) is 27.8. The highest BCUT2D eigenvalue weighted by molar-refractivity contribution is 6.04. The molecule has 2 atom stereocenters. The highest BCUT2D eigenvalue weighted by Crippen LogP contribution is 2.38. The number of pyridine rings is 1. The summed E-state index contributed by atoms with van der Waals surface area (Å²) < 4.78 is 5.60. The van der Waals surface area contributed by atoms with E-state index in [0.717, 1.165) is 37.8 Å². The lowest BCUT2D eigenvalue weighted by atomic mass is 10.0. The van der Waals surface area contributed by atoms with Crippen LogP contribution in [-0.4, -0.2) is 44.3 Å². The van der Waals surface area contributed by atoms with Gasteiger partial charge in [0.15, 0.2) is 12.1 Å². The monoisotopic (exact) mass is 435 g/mol. The Bertz CT molecular complexity index is 1190. The molecule has 0 unspecified atom stereocenters. The normalized spacial score (nSPS) is 21.3. The van der Waals surface area contributed by atoms with Crippen molar-refractivity contribution in [1.82, 2.24) is 20.5 Å². The van der Waals surface area contributed by atoms with Crippen molar-refractivity contribution in [3.63, 3.8) is 0 Å². The first-order chi connectivity index (χ1) is 15.4. The van der Waals surface area contributed by atoms with Gasteiger partial charge in [-0.15, -0.1) is 0 Å². The number of hydrogen-bond acceptors (Lipinski definition) is 7. The maximum Gasteiger partial charge on any atom is 0.407 e. The van der Waals surface area contributed by atoms with Gasteiger partial charge in [0.2, 0.25) is 0 Å². The minimum absolute atomic E-state index is 0.0652. The number of anilines is 2. The van der Waals surface area contributed by atoms with Crippen LogP contribution in [0, 0.1) is 0 Å². The number of phenols is 1. The van der Waals surface area contributed by atoms with Crippen LogP contribution in [0.2, 0.25) is 0 Å². The molecule has 1 aromatic carbocycles. The van der Waals surface area contributed by atoms with Crippen molar-refractivity contribution in [2.75, 3.05) is 5.32 Å². The van der Waals surface area contributed by atoms with E-state index in [2.05, 4.69) is 25.8 Å². The Hall–Kier alpha value is -3.62. The smallest absolute Gasteiger partial charge is 0.407 e. The number of aldehydes is 1. The number of nitrogens with zero attached hydrogens (tertiary/aromatic N) is 2. The molecule has 2 aliphatic carbocycles. The fraction of sp³-hybridized carbons (Fsp3) is 0.391. The third-order valence-electron chi connectivity index (χ3n) is 6.43. The van der Waals surface area contributed by atoms with Crippen LogP contribution in [0.25, 0.3) is 10.8 Å². The summed E-state index contributed by atoms with van der Waals surface area (Å²) in [6.07, 6.45) is 6.27. The molecule has 0 radical (unpaired) electrons. The molecular formula is C23H25N5O4. The minimum Gasteiger partial charge on any atom is -0.507 e. The van der Waals surface area contributed by atoms with Gasteiger partial charge in [0, 0.05) is 40.2 Å². The van der Waals surface area contributed by atoms with Gasteiger partial charge in [-0.2, -0.15) is 5.10 Å². The molecule has 32 heavy (non-hydrogen) atoms. The summed E-state index contributed by atoms with van der Waals surface area (Å²) in [6.45, 7) is 2.03. The average molecular weight is 435 g/mol. The zero-order chi connectivity index (χ0) is 22.3. The van der Waals surface area contributed by atoms with Gasteiger partial charge in [-0.3, -0.25) is 9.89 Å². The predicted octanol–water partition coefficient (Wildman–Crippen LogP) is 4.13. The first-order valence-corrected chi connectivity index (χ1v) is 10.8. The number of ether oxygens (including phenoxy) is 1. The Morgan fingerprint density at radius 3 is 2.91 bits per heavy atom. The number of alkyl carbamates (subject to hydrolysis) is 1. The molecule has 0 bridgehead atoms. The Labute approximate surface area is 184 Å². The van der Waals surface area contributed by atoms with E-state index in [9.17, 15) is 14.7 Å². The molecule has 5 rings (SSSR count). The van der Waals surface area contributed by atoms with Crippen LogP contribution in [0.1, 0.15) is 61.0 Å². The van der Waals surface area contributed by atoms with Crippen molar-refractivity contribution in [1.29, 1.82) is 0 Å². The minimum atomic E-state index is -0.328. The Kier molecular flexibility index (Phi) is 4.96. The molecule has 3 aromatic rings. The predicted molar refractivity (Wildman–Crippen MR) is 118 cm³/mol. The van der Waals surface area contributed by atoms with E-state index >= 15 is 0 Å². The number of benzene rings is 1. The Morgan fingerprint density at radius 1 is 1.28 bits per heavy atom. The molecule has 1 amide bonds. The largest absolute Gasteiger partial charge is 0.507 e. The topological polar surface area (TPSA) is 129 Å². The second kappa shape index (κ2) is 7.81. The van der Waals surface area contributed by atoms with Crippen LogP contribution >= 0.6 is 0 Å². The van der Waals surface area contributed by atoms with Crippen molar-refractivity contribution in [3.8, 4) is 5.75 Å². The SMILES string of the molecule is CC1(NC(=O)O[C@@H]2CC[C@H](c3cc(Nc4nccc5c(C=O)c(O)ccc45)n[nH]3)C2)CC1. The standard InChI is InChI=1S/C23H25N5O4/c1-23(7-8-23)26-22(31)32-14-3-2-13(10-14)18-11-20(28-27-18)25-21-16-4-5-19(30)17(12-29)15(16)6-9-24-21/h4-6,9,11-14,30H,2-3,7-8,10H2,1H3,(H,26,31)(H2,24,25,27,28)/t13-,14+/m0/s1. The van der Waals surface area contributed by atoms with Gasteiger partial charge >= 0.3 is 6.09 Å². The van der Waals surface area contributed by atoms with Crippen molar-refractivity contribution in [2.24, 2.45) is 0 Å². The molecule has 4 N–H and O–H groups in total. The van der Waals surface area contributed by atoms with Gasteiger partial charge in [-0.25, -0.2) is 9.78 Å². The van der Waals surface area contributed by atoms with Crippen LogP contribution in [0.15, 0.2) is 30.5 Å². The summed E-state index contributed by atoms with van der Waals surface area (Å²) in [5.41, 5.74) is 1.12. The molecular weight excluding hydrogens is 410 g/mol. The summed E-state index contributed by atoms with van der Waals surface area (Å²) in [5.74, 6) is 1.31. The number of nitrogens with one attached hydrogen (secondary N) is 3. The van der Waals surface area contributed by atoms with Crippen molar-refractivity contribution in [3.05, 3.63) is 41.7 Å². The molecule has 2 fully saturated rings. The van der Waals surface area contributed by atoms with E-state index < -0.39 is 0 Å². The van der Waals surface area contributed by atoms with Crippen LogP contribution in [0.3, 0.4) is 0 Å². The lowest BCUT2D eigenvalue weighted by Crippen LogP contribution is -2.36. The summed E-state index contributed by atoms with van der Waals surface area (Å²) in [6, 6.07) is 6.82. The lowest BCUT2D eigenvalue weighted by Gasteiger charge is -2.16. The third-order valence-corrected chi connectivity index (χ3v) is 6.43. The molecule has 2 heterocycles. The maximum atomic E-state index is 12.1. The van der Waals surface area contributed by atoms with Crippen LogP contribution in [0.4, 0.5) is 16.4 Å². The number of amides is 1. The molecule has 166 valence electrons.